The molecule has 8 rings (SSSR count). The average Bonchev–Trinajstić information content (AvgIpc) is 3.61. The molecule has 0 saturated heterocycles. The minimum Gasteiger partial charge on any atom is -0.268 e. The van der Waals surface area contributed by atoms with Gasteiger partial charge in [0.2, 0.25) is 0 Å². The maximum Gasteiger partial charge on any atom is 0.417 e. The molecule has 2 heterocycles. The largest absolute Gasteiger partial charge is 0.417 e. The minimum atomic E-state index is -5.27. The van der Waals surface area contributed by atoms with E-state index in [1.54, 1.807) is 48.5 Å². The zero-order valence-electron chi connectivity index (χ0n) is 29.5. The fourth-order valence-electron chi connectivity index (χ4n) is 6.72. The van der Waals surface area contributed by atoms with Gasteiger partial charge in [-0.05, 0) is 96.1 Å². The Balaban J connectivity index is 1.13. The molecule has 12 heteroatoms. The van der Waals surface area contributed by atoms with E-state index in [1.165, 1.54) is 36.4 Å². The van der Waals surface area contributed by atoms with Crippen molar-refractivity contribution in [2.75, 3.05) is 9.80 Å². The Labute approximate surface area is 326 Å². The van der Waals surface area contributed by atoms with E-state index >= 15 is 0 Å². The standard InChI is InChI=1S/C46H22F6N2O4/c47-45(48,49)39-25-31(53-41(55)35-19-15-29(23-37(35)43(53)57)13-11-27-7-3-1-4-8-27)17-21-33(39)34-22-18-32(26-40(34)46(50,51)52)54-42(56)36-20-16-30(24-38(36)44(54)58)14-12-28-9-5-2-6-10-28/h1-10,15-26H. The predicted molar refractivity (Wildman–Crippen MR) is 202 cm³/mol. The second kappa shape index (κ2) is 14.1. The summed E-state index contributed by atoms with van der Waals surface area (Å²) in [5.74, 6) is 7.84. The van der Waals surface area contributed by atoms with Crippen molar-refractivity contribution in [3.05, 3.63) is 189 Å². The molecule has 58 heavy (non-hydrogen) atoms. The number of rotatable bonds is 3. The van der Waals surface area contributed by atoms with Crippen molar-refractivity contribution < 1.29 is 45.5 Å². The third-order valence-corrected chi connectivity index (χ3v) is 9.45. The van der Waals surface area contributed by atoms with Gasteiger partial charge in [-0.2, -0.15) is 26.3 Å². The van der Waals surface area contributed by atoms with Gasteiger partial charge in [-0.15, -0.1) is 0 Å². The molecule has 0 aromatic heterocycles. The lowest BCUT2D eigenvalue weighted by Crippen LogP contribution is -2.30. The lowest BCUT2D eigenvalue weighted by Gasteiger charge is -2.22. The molecule has 0 unspecified atom stereocenters. The maximum absolute atomic E-state index is 14.7. The third kappa shape index (κ3) is 6.77. The van der Waals surface area contributed by atoms with Gasteiger partial charge in [-0.1, -0.05) is 72.2 Å². The molecule has 6 aromatic rings. The zero-order valence-corrected chi connectivity index (χ0v) is 29.5. The van der Waals surface area contributed by atoms with E-state index in [0.29, 0.717) is 44.2 Å². The van der Waals surface area contributed by atoms with Crippen LogP contribution < -0.4 is 9.80 Å². The molecule has 0 spiro atoms. The molecule has 0 fully saturated rings. The lowest BCUT2D eigenvalue weighted by molar-refractivity contribution is -0.139. The van der Waals surface area contributed by atoms with Crippen LogP contribution in [0.2, 0.25) is 0 Å². The van der Waals surface area contributed by atoms with Crippen molar-refractivity contribution in [1.82, 2.24) is 0 Å². The van der Waals surface area contributed by atoms with E-state index in [4.69, 9.17) is 0 Å². The Morgan fingerprint density at radius 3 is 1.03 bits per heavy atom. The Kier molecular flexibility index (Phi) is 9.06. The quantitative estimate of drug-likeness (QED) is 0.102. The van der Waals surface area contributed by atoms with E-state index in [0.717, 1.165) is 24.3 Å². The van der Waals surface area contributed by atoms with Crippen molar-refractivity contribution in [1.29, 1.82) is 0 Å². The van der Waals surface area contributed by atoms with Crippen LogP contribution in [0.1, 0.15) is 74.8 Å². The van der Waals surface area contributed by atoms with Gasteiger partial charge in [0.15, 0.2) is 0 Å². The molecule has 6 nitrogen and oxygen atoms in total. The van der Waals surface area contributed by atoms with Crippen LogP contribution in [0.25, 0.3) is 11.1 Å². The van der Waals surface area contributed by atoms with Crippen LogP contribution in [0.4, 0.5) is 37.7 Å². The van der Waals surface area contributed by atoms with Crippen LogP contribution in [0.5, 0.6) is 0 Å². The first-order valence-corrected chi connectivity index (χ1v) is 17.3. The zero-order chi connectivity index (χ0) is 40.9. The number of alkyl halides is 6. The molecular weight excluding hydrogens is 759 g/mol. The smallest absolute Gasteiger partial charge is 0.268 e. The van der Waals surface area contributed by atoms with E-state index in [1.807, 2.05) is 12.1 Å². The van der Waals surface area contributed by atoms with Crippen molar-refractivity contribution in [2.24, 2.45) is 0 Å². The highest BCUT2D eigenvalue weighted by Crippen LogP contribution is 2.46. The van der Waals surface area contributed by atoms with Gasteiger partial charge in [0.25, 0.3) is 23.6 Å². The van der Waals surface area contributed by atoms with Crippen molar-refractivity contribution >= 4 is 35.0 Å². The van der Waals surface area contributed by atoms with Crippen LogP contribution in [0.15, 0.2) is 133 Å². The normalized spacial score (nSPS) is 13.5. The molecule has 0 atom stereocenters. The van der Waals surface area contributed by atoms with Gasteiger partial charge >= 0.3 is 12.4 Å². The number of anilines is 2. The summed E-state index contributed by atoms with van der Waals surface area (Å²) in [7, 11) is 0. The lowest BCUT2D eigenvalue weighted by atomic mass is 9.93. The average molecular weight is 781 g/mol. The summed E-state index contributed by atoms with van der Waals surface area (Å²) in [6.07, 6.45) is -10.5. The molecule has 0 bridgehead atoms. The van der Waals surface area contributed by atoms with Crippen molar-refractivity contribution in [2.45, 2.75) is 12.4 Å². The monoisotopic (exact) mass is 780 g/mol. The minimum absolute atomic E-state index is 0.0904. The highest BCUT2D eigenvalue weighted by atomic mass is 19.4. The van der Waals surface area contributed by atoms with Crippen LogP contribution in [0, 0.1) is 23.7 Å². The Morgan fingerprint density at radius 2 is 0.672 bits per heavy atom. The van der Waals surface area contributed by atoms with Crippen LogP contribution in [-0.4, -0.2) is 23.6 Å². The molecule has 4 amide bonds. The first-order valence-electron chi connectivity index (χ1n) is 17.3. The summed E-state index contributed by atoms with van der Waals surface area (Å²) in [4.78, 5) is 54.8. The summed E-state index contributed by atoms with van der Waals surface area (Å²) >= 11 is 0. The van der Waals surface area contributed by atoms with E-state index in [-0.39, 0.29) is 22.3 Å². The third-order valence-electron chi connectivity index (χ3n) is 9.45. The maximum atomic E-state index is 14.7. The van der Waals surface area contributed by atoms with Gasteiger partial charge in [-0.3, -0.25) is 19.2 Å². The summed E-state index contributed by atoms with van der Waals surface area (Å²) < 4.78 is 88.4. The summed E-state index contributed by atoms with van der Waals surface area (Å²) in [6, 6.07) is 30.3. The summed E-state index contributed by atoms with van der Waals surface area (Å²) in [5, 5.41) is 0. The van der Waals surface area contributed by atoms with E-state index in [2.05, 4.69) is 23.7 Å². The number of halogens is 6. The summed E-state index contributed by atoms with van der Waals surface area (Å²) in [6.45, 7) is 0. The van der Waals surface area contributed by atoms with Crippen LogP contribution in [0.3, 0.4) is 0 Å². The van der Waals surface area contributed by atoms with Gasteiger partial charge in [0.05, 0.1) is 44.8 Å². The molecule has 0 N–H and O–H groups in total. The molecule has 2 aliphatic heterocycles. The number of benzene rings is 6. The topological polar surface area (TPSA) is 74.8 Å². The first kappa shape index (κ1) is 37.2. The number of fused-ring (bicyclic) bond motifs is 2. The predicted octanol–water partition coefficient (Wildman–Crippen LogP) is 9.79. The number of carbonyl (C=O) groups is 4. The highest BCUT2D eigenvalue weighted by Gasteiger charge is 2.43. The molecule has 0 saturated carbocycles. The van der Waals surface area contributed by atoms with Crippen LogP contribution >= 0.6 is 0 Å². The van der Waals surface area contributed by atoms with Crippen molar-refractivity contribution in [3.8, 4) is 34.8 Å². The number of imide groups is 2. The second-order valence-corrected chi connectivity index (χ2v) is 13.1. The number of carbonyl (C=O) groups excluding carboxylic acids is 4. The van der Waals surface area contributed by atoms with Crippen molar-refractivity contribution in [3.63, 3.8) is 0 Å². The summed E-state index contributed by atoms with van der Waals surface area (Å²) in [5.41, 5.74) is -4.36. The Morgan fingerprint density at radius 1 is 0.345 bits per heavy atom. The van der Waals surface area contributed by atoms with E-state index in [9.17, 15) is 45.5 Å². The number of nitrogens with zero attached hydrogens (tertiary/aromatic N) is 2. The Bertz CT molecular complexity index is 2670. The molecule has 282 valence electrons. The molecule has 0 radical (unpaired) electrons. The highest BCUT2D eigenvalue weighted by molar-refractivity contribution is 6.35. The molecule has 0 aliphatic carbocycles. The van der Waals surface area contributed by atoms with Gasteiger partial charge in [-0.25, -0.2) is 9.80 Å². The van der Waals surface area contributed by atoms with Crippen LogP contribution in [-0.2, 0) is 12.4 Å². The molecular formula is C46H22F6N2O4. The second-order valence-electron chi connectivity index (χ2n) is 13.1. The Hall–Kier alpha value is -7.70. The fraction of sp³-hybridized carbons (Fsp3) is 0.0435. The van der Waals surface area contributed by atoms with Gasteiger partial charge < -0.3 is 0 Å². The van der Waals surface area contributed by atoms with E-state index < -0.39 is 69.6 Å². The number of amides is 4. The number of hydrogen-bond donors (Lipinski definition) is 0. The molecule has 2 aliphatic rings. The number of hydrogen-bond acceptors (Lipinski definition) is 4. The van der Waals surface area contributed by atoms with Gasteiger partial charge in [0, 0.05) is 22.3 Å². The SMILES string of the molecule is O=C1c2ccc(C#Cc3ccccc3)cc2C(=O)N1c1ccc(-c2ccc(N3C(=O)c4ccc(C#Cc5ccccc5)cc4C3=O)cc2C(F)(F)F)c(C(F)(F)F)c1. The molecule has 6 aromatic carbocycles. The van der Waals surface area contributed by atoms with Gasteiger partial charge in [0.1, 0.15) is 0 Å². The first-order chi connectivity index (χ1) is 27.7. The fourth-order valence-corrected chi connectivity index (χ4v) is 6.72.